The van der Waals surface area contributed by atoms with E-state index in [1.807, 2.05) is 6.92 Å². The molecule has 1 atom stereocenters. The molecular weight excluding hydrogens is 340 g/mol. The van der Waals surface area contributed by atoms with Gasteiger partial charge in [0.2, 0.25) is 5.91 Å². The molecule has 1 aliphatic rings. The molecule has 1 aliphatic heterocycles. The van der Waals surface area contributed by atoms with Crippen molar-refractivity contribution in [3.8, 4) is 0 Å². The average Bonchev–Trinajstić information content (AvgIpc) is 2.63. The second-order valence-electron chi connectivity index (χ2n) is 5.92. The molecule has 1 saturated heterocycles. The largest absolute Gasteiger partial charge is 0.545 e. The third-order valence-electron chi connectivity index (χ3n) is 4.09. The van der Waals surface area contributed by atoms with E-state index < -0.39 is 29.8 Å². The number of carboxylic acids is 1. The summed E-state index contributed by atoms with van der Waals surface area (Å²) in [7, 11) is 0. The summed E-state index contributed by atoms with van der Waals surface area (Å²) in [6.07, 6.45) is 1.29. The van der Waals surface area contributed by atoms with Gasteiger partial charge in [0.25, 0.3) is 5.91 Å². The van der Waals surface area contributed by atoms with E-state index in [9.17, 15) is 24.3 Å². The maximum Gasteiger partial charge on any atom is 0.308 e. The smallest absolute Gasteiger partial charge is 0.308 e. The van der Waals surface area contributed by atoms with Crippen molar-refractivity contribution in [1.29, 1.82) is 0 Å². The number of rotatable bonds is 7. The van der Waals surface area contributed by atoms with Crippen molar-refractivity contribution < 1.29 is 29.0 Å². The predicted octanol–water partition coefficient (Wildman–Crippen LogP) is -0.276. The molecular formula is C18H21N2O6-. The lowest BCUT2D eigenvalue weighted by molar-refractivity contribution is -0.255. The van der Waals surface area contributed by atoms with Crippen molar-refractivity contribution >= 4 is 23.8 Å². The number of hydrogen-bond donors (Lipinski definition) is 1. The zero-order chi connectivity index (χ0) is 19.1. The number of esters is 1. The molecule has 8 heteroatoms. The standard InChI is InChI=1S/C18H22N2O6/c1-2-3-10-26-15(21)11-14-16(22)19-8-9-20(14)17(23)12-6-4-5-7-13(12)18(24)25/h4-7,14H,2-3,8-11H2,1H3,(H,19,22)(H,24,25)/p-1/t14-/m1/s1. The van der Waals surface area contributed by atoms with E-state index in [-0.39, 0.29) is 37.2 Å². The molecule has 0 unspecified atom stereocenters. The number of carbonyl (C=O) groups is 4. The fourth-order valence-electron chi connectivity index (χ4n) is 2.71. The van der Waals surface area contributed by atoms with Gasteiger partial charge in [0.05, 0.1) is 19.0 Å². The van der Waals surface area contributed by atoms with Gasteiger partial charge in [-0.25, -0.2) is 0 Å². The van der Waals surface area contributed by atoms with Gasteiger partial charge in [0.1, 0.15) is 6.04 Å². The highest BCUT2D eigenvalue weighted by Gasteiger charge is 2.36. The van der Waals surface area contributed by atoms with Crippen molar-refractivity contribution in [3.63, 3.8) is 0 Å². The molecule has 1 N–H and O–H groups in total. The van der Waals surface area contributed by atoms with E-state index in [0.29, 0.717) is 6.42 Å². The van der Waals surface area contributed by atoms with E-state index in [1.54, 1.807) is 0 Å². The Bertz CT molecular complexity index is 703. The lowest BCUT2D eigenvalue weighted by atomic mass is 10.0. The first-order valence-corrected chi connectivity index (χ1v) is 8.50. The molecule has 1 fully saturated rings. The Labute approximate surface area is 151 Å². The van der Waals surface area contributed by atoms with Crippen LogP contribution >= 0.6 is 0 Å². The molecule has 8 nitrogen and oxygen atoms in total. The third kappa shape index (κ3) is 4.59. The van der Waals surface area contributed by atoms with E-state index in [2.05, 4.69) is 5.32 Å². The molecule has 0 aromatic heterocycles. The Kier molecular flexibility index (Phi) is 6.71. The van der Waals surface area contributed by atoms with Crippen LogP contribution in [0.3, 0.4) is 0 Å². The molecule has 0 bridgehead atoms. The minimum atomic E-state index is -1.48. The van der Waals surface area contributed by atoms with Crippen LogP contribution < -0.4 is 10.4 Å². The minimum Gasteiger partial charge on any atom is -0.545 e. The van der Waals surface area contributed by atoms with Crippen molar-refractivity contribution in [1.82, 2.24) is 10.2 Å². The zero-order valence-electron chi connectivity index (χ0n) is 14.5. The highest BCUT2D eigenvalue weighted by Crippen LogP contribution is 2.17. The van der Waals surface area contributed by atoms with E-state index in [1.165, 1.54) is 29.2 Å². The molecule has 0 spiro atoms. The van der Waals surface area contributed by atoms with Gasteiger partial charge in [-0.2, -0.15) is 0 Å². The average molecular weight is 361 g/mol. The van der Waals surface area contributed by atoms with Gasteiger partial charge >= 0.3 is 5.97 Å². The molecule has 1 heterocycles. The number of amides is 2. The highest BCUT2D eigenvalue weighted by molar-refractivity contribution is 6.06. The van der Waals surface area contributed by atoms with Gasteiger partial charge < -0.3 is 24.9 Å². The lowest BCUT2D eigenvalue weighted by Gasteiger charge is -2.35. The van der Waals surface area contributed by atoms with Gasteiger partial charge in [0.15, 0.2) is 0 Å². The van der Waals surface area contributed by atoms with E-state index in [4.69, 9.17) is 4.74 Å². The third-order valence-corrected chi connectivity index (χ3v) is 4.09. The predicted molar refractivity (Wildman–Crippen MR) is 89.1 cm³/mol. The number of nitrogens with zero attached hydrogens (tertiary/aromatic N) is 1. The molecule has 0 radical (unpaired) electrons. The number of piperazine rings is 1. The Hall–Kier alpha value is -2.90. The fourth-order valence-corrected chi connectivity index (χ4v) is 2.71. The molecule has 0 saturated carbocycles. The first-order chi connectivity index (χ1) is 12.5. The number of ether oxygens (including phenoxy) is 1. The number of carbonyl (C=O) groups excluding carboxylic acids is 4. The van der Waals surface area contributed by atoms with Crippen LogP contribution in [0, 0.1) is 0 Å². The first-order valence-electron chi connectivity index (χ1n) is 8.50. The van der Waals surface area contributed by atoms with Crippen molar-refractivity contribution in [2.75, 3.05) is 19.7 Å². The molecule has 140 valence electrons. The van der Waals surface area contributed by atoms with Crippen LogP contribution in [-0.4, -0.2) is 54.4 Å². The maximum absolute atomic E-state index is 12.8. The van der Waals surface area contributed by atoms with Crippen molar-refractivity contribution in [3.05, 3.63) is 35.4 Å². The quantitative estimate of drug-likeness (QED) is 0.528. The summed E-state index contributed by atoms with van der Waals surface area (Å²) in [6.45, 7) is 2.60. The SMILES string of the molecule is CCCCOC(=O)C[C@@H]1C(=O)NCCN1C(=O)c1ccccc1C(=O)[O-]. The number of hydrogen-bond acceptors (Lipinski definition) is 6. The molecule has 2 amide bonds. The normalized spacial score (nSPS) is 16.7. The summed E-state index contributed by atoms with van der Waals surface area (Å²) in [5.74, 6) is -3.16. The van der Waals surface area contributed by atoms with Gasteiger partial charge in [-0.3, -0.25) is 14.4 Å². The lowest BCUT2D eigenvalue weighted by Crippen LogP contribution is -2.58. The second kappa shape index (κ2) is 8.98. The Morgan fingerprint density at radius 3 is 2.62 bits per heavy atom. The molecule has 26 heavy (non-hydrogen) atoms. The Morgan fingerprint density at radius 2 is 1.96 bits per heavy atom. The van der Waals surface area contributed by atoms with Crippen LogP contribution in [0.4, 0.5) is 0 Å². The Balaban J connectivity index is 2.19. The van der Waals surface area contributed by atoms with Crippen molar-refractivity contribution in [2.45, 2.75) is 32.2 Å². The monoisotopic (exact) mass is 361 g/mol. The van der Waals surface area contributed by atoms with Crippen LogP contribution in [0.15, 0.2) is 24.3 Å². The van der Waals surface area contributed by atoms with Crippen LogP contribution in [0.2, 0.25) is 0 Å². The summed E-state index contributed by atoms with van der Waals surface area (Å²) in [5.41, 5.74) is -0.334. The zero-order valence-corrected chi connectivity index (χ0v) is 14.5. The number of unbranched alkanes of at least 4 members (excludes halogenated alkanes) is 1. The maximum atomic E-state index is 12.8. The van der Waals surface area contributed by atoms with Gasteiger partial charge in [-0.05, 0) is 12.5 Å². The van der Waals surface area contributed by atoms with E-state index in [0.717, 1.165) is 6.42 Å². The molecule has 1 aromatic rings. The Morgan fingerprint density at radius 1 is 1.27 bits per heavy atom. The number of carboxylic acid groups (broad SMARTS) is 1. The van der Waals surface area contributed by atoms with Crippen LogP contribution in [0.1, 0.15) is 46.9 Å². The second-order valence-corrected chi connectivity index (χ2v) is 5.92. The summed E-state index contributed by atoms with van der Waals surface area (Å²) in [5, 5.41) is 13.9. The summed E-state index contributed by atoms with van der Waals surface area (Å²) in [4.78, 5) is 49.4. The van der Waals surface area contributed by atoms with Crippen molar-refractivity contribution in [2.24, 2.45) is 0 Å². The number of benzene rings is 1. The summed E-state index contributed by atoms with van der Waals surface area (Å²) < 4.78 is 5.07. The van der Waals surface area contributed by atoms with Crippen LogP contribution in [0.25, 0.3) is 0 Å². The highest BCUT2D eigenvalue weighted by atomic mass is 16.5. The first kappa shape index (κ1) is 19.4. The van der Waals surface area contributed by atoms with E-state index >= 15 is 0 Å². The summed E-state index contributed by atoms with van der Waals surface area (Å²) >= 11 is 0. The van der Waals surface area contributed by atoms with Gasteiger partial charge in [-0.15, -0.1) is 0 Å². The van der Waals surface area contributed by atoms with Gasteiger partial charge in [0, 0.05) is 24.2 Å². The van der Waals surface area contributed by atoms with Crippen LogP contribution in [-0.2, 0) is 14.3 Å². The molecule has 0 aliphatic carbocycles. The summed E-state index contributed by atoms with van der Waals surface area (Å²) in [6, 6.07) is 4.59. The van der Waals surface area contributed by atoms with Gasteiger partial charge in [-0.1, -0.05) is 31.5 Å². The fraction of sp³-hybridized carbons (Fsp3) is 0.444. The van der Waals surface area contributed by atoms with Crippen LogP contribution in [0.5, 0.6) is 0 Å². The minimum absolute atomic E-state index is 0.0773. The molecule has 1 aromatic carbocycles. The topological polar surface area (TPSA) is 116 Å². The number of aromatic carboxylic acids is 1. The molecule has 2 rings (SSSR count). The number of nitrogens with one attached hydrogen (secondary N) is 1.